The van der Waals surface area contributed by atoms with Gasteiger partial charge in [-0.15, -0.1) is 0 Å². The number of nitrogens with zero attached hydrogens (tertiary/aromatic N) is 1. The van der Waals surface area contributed by atoms with Crippen LogP contribution in [-0.4, -0.2) is 31.1 Å². The molecule has 3 rings (SSSR count). The van der Waals surface area contributed by atoms with Crippen molar-refractivity contribution in [2.75, 3.05) is 18.9 Å². The number of carbonyl (C=O) groups excluding carboxylic acids is 1. The van der Waals surface area contributed by atoms with Gasteiger partial charge in [0.1, 0.15) is 6.29 Å². The number of aldehydes is 1. The van der Waals surface area contributed by atoms with Gasteiger partial charge in [0, 0.05) is 54.9 Å². The largest absolute Gasteiger partial charge is 0.401 e. The van der Waals surface area contributed by atoms with Gasteiger partial charge in [0.2, 0.25) is 0 Å². The number of hydrogen-bond donors (Lipinski definition) is 5. The molecular formula is C24H30N6O. The standard InChI is InChI=1S/C24H30N6O/c1-16(26)24-21-7-6-18(19(14-25)15-28-2)13-22(21)23(8-10-30(24)27)29-20-5-3-4-17(12-20)9-11-31/h3-7,11-15,23,25,28-29H,8-10,26-27H2,1-2H3/b19-15+,24-16-,25-14?. The SMILES string of the molecule is CN/C=C(\C=N)c1ccc2c(c1)C(Nc1cccc(CC=O)c1)CCN(N)/C2=C(/C)N. The minimum absolute atomic E-state index is 0.0223. The average Bonchev–Trinajstić information content (AvgIpc) is 2.88. The molecule has 162 valence electrons. The Kier molecular flexibility index (Phi) is 7.10. The Hall–Kier alpha value is -3.58. The second kappa shape index (κ2) is 9.95. The second-order valence-electron chi connectivity index (χ2n) is 7.62. The first-order valence-corrected chi connectivity index (χ1v) is 10.3. The number of nitrogens with two attached hydrogens (primary N) is 2. The highest BCUT2D eigenvalue weighted by molar-refractivity contribution is 6.08. The molecule has 0 bridgehead atoms. The number of allylic oxidation sites excluding steroid dienone is 2. The van der Waals surface area contributed by atoms with Crippen molar-refractivity contribution in [3.8, 4) is 0 Å². The van der Waals surface area contributed by atoms with Crippen LogP contribution in [0.1, 0.15) is 41.6 Å². The molecule has 0 spiro atoms. The third-order valence-corrected chi connectivity index (χ3v) is 5.38. The molecule has 0 saturated heterocycles. The average molecular weight is 419 g/mol. The molecule has 0 radical (unpaired) electrons. The Morgan fingerprint density at radius 2 is 2.10 bits per heavy atom. The molecular weight excluding hydrogens is 388 g/mol. The van der Waals surface area contributed by atoms with Gasteiger partial charge in [0.05, 0.1) is 11.7 Å². The van der Waals surface area contributed by atoms with Crippen molar-refractivity contribution >= 4 is 29.5 Å². The third-order valence-electron chi connectivity index (χ3n) is 5.38. The highest BCUT2D eigenvalue weighted by Gasteiger charge is 2.26. The number of fused-ring (bicyclic) bond motifs is 1. The van der Waals surface area contributed by atoms with Gasteiger partial charge in [-0.25, -0.2) is 5.84 Å². The lowest BCUT2D eigenvalue weighted by atomic mass is 9.92. The van der Waals surface area contributed by atoms with Gasteiger partial charge < -0.3 is 31.6 Å². The summed E-state index contributed by atoms with van der Waals surface area (Å²) in [6, 6.07) is 14.0. The topological polar surface area (TPSA) is 120 Å². The Labute approximate surface area is 183 Å². The third kappa shape index (κ3) is 4.95. The Balaban J connectivity index is 2.11. The number of anilines is 1. The number of hydrazine groups is 1. The molecule has 2 aromatic rings. The zero-order valence-corrected chi connectivity index (χ0v) is 18.0. The fraction of sp³-hybridized carbons (Fsp3) is 0.250. The highest BCUT2D eigenvalue weighted by Crippen LogP contribution is 2.36. The number of benzene rings is 2. The maximum atomic E-state index is 10.9. The molecule has 31 heavy (non-hydrogen) atoms. The van der Waals surface area contributed by atoms with Gasteiger partial charge in [-0.1, -0.05) is 24.3 Å². The summed E-state index contributed by atoms with van der Waals surface area (Å²) < 4.78 is 0. The van der Waals surface area contributed by atoms with Crippen LogP contribution in [0.2, 0.25) is 0 Å². The first kappa shape index (κ1) is 22.1. The minimum atomic E-state index is -0.0223. The summed E-state index contributed by atoms with van der Waals surface area (Å²) in [7, 11) is 1.81. The maximum absolute atomic E-state index is 10.9. The van der Waals surface area contributed by atoms with E-state index in [-0.39, 0.29) is 6.04 Å². The number of nitrogens with one attached hydrogen (secondary N) is 3. The molecule has 7 heteroatoms. The molecule has 0 fully saturated rings. The zero-order valence-electron chi connectivity index (χ0n) is 18.0. The molecule has 0 aliphatic carbocycles. The van der Waals surface area contributed by atoms with Gasteiger partial charge in [-0.2, -0.15) is 0 Å². The summed E-state index contributed by atoms with van der Waals surface area (Å²) >= 11 is 0. The van der Waals surface area contributed by atoms with E-state index in [4.69, 9.17) is 17.0 Å². The first-order chi connectivity index (χ1) is 15.0. The van der Waals surface area contributed by atoms with Gasteiger partial charge in [0.25, 0.3) is 0 Å². The lowest BCUT2D eigenvalue weighted by molar-refractivity contribution is -0.107. The summed E-state index contributed by atoms with van der Waals surface area (Å²) in [6.07, 6.45) is 5.19. The molecule has 7 nitrogen and oxygen atoms in total. The Morgan fingerprint density at radius 3 is 2.77 bits per heavy atom. The monoisotopic (exact) mass is 418 g/mol. The maximum Gasteiger partial charge on any atom is 0.124 e. The van der Waals surface area contributed by atoms with Crippen LogP contribution in [0.5, 0.6) is 0 Å². The molecule has 0 amide bonds. The van der Waals surface area contributed by atoms with E-state index < -0.39 is 0 Å². The van der Waals surface area contributed by atoms with E-state index in [0.717, 1.165) is 51.9 Å². The molecule has 1 unspecified atom stereocenters. The van der Waals surface area contributed by atoms with Crippen molar-refractivity contribution in [2.24, 2.45) is 11.6 Å². The van der Waals surface area contributed by atoms with E-state index in [0.29, 0.717) is 18.7 Å². The van der Waals surface area contributed by atoms with Crippen LogP contribution in [0.3, 0.4) is 0 Å². The lowest BCUT2D eigenvalue weighted by Crippen LogP contribution is -2.31. The van der Waals surface area contributed by atoms with Crippen molar-refractivity contribution in [3.63, 3.8) is 0 Å². The van der Waals surface area contributed by atoms with Gasteiger partial charge in [-0.05, 0) is 48.2 Å². The van der Waals surface area contributed by atoms with E-state index >= 15 is 0 Å². The second-order valence-corrected chi connectivity index (χ2v) is 7.62. The number of carbonyl (C=O) groups is 1. The van der Waals surface area contributed by atoms with Crippen molar-refractivity contribution < 1.29 is 4.79 Å². The predicted octanol–water partition coefficient (Wildman–Crippen LogP) is 3.02. The van der Waals surface area contributed by atoms with Gasteiger partial charge in [0.15, 0.2) is 0 Å². The van der Waals surface area contributed by atoms with E-state index in [1.54, 1.807) is 11.2 Å². The van der Waals surface area contributed by atoms with Gasteiger partial charge in [-0.3, -0.25) is 0 Å². The summed E-state index contributed by atoms with van der Waals surface area (Å²) in [5, 5.41) is 16.1. The van der Waals surface area contributed by atoms with Crippen molar-refractivity contribution in [3.05, 3.63) is 76.6 Å². The highest BCUT2D eigenvalue weighted by atomic mass is 16.1. The van der Waals surface area contributed by atoms with Crippen LogP contribution >= 0.6 is 0 Å². The van der Waals surface area contributed by atoms with Crippen LogP contribution in [0, 0.1) is 5.41 Å². The Bertz CT molecular complexity index is 1020. The molecule has 7 N–H and O–H groups in total. The number of rotatable bonds is 7. The lowest BCUT2D eigenvalue weighted by Gasteiger charge is -2.22. The van der Waals surface area contributed by atoms with Crippen LogP contribution in [0.4, 0.5) is 5.69 Å². The van der Waals surface area contributed by atoms with E-state index in [2.05, 4.69) is 16.7 Å². The molecule has 0 saturated carbocycles. The molecule has 1 heterocycles. The van der Waals surface area contributed by atoms with Crippen LogP contribution < -0.4 is 22.2 Å². The summed E-state index contributed by atoms with van der Waals surface area (Å²) in [5.41, 5.74) is 13.3. The van der Waals surface area contributed by atoms with E-state index in [9.17, 15) is 4.79 Å². The van der Waals surface area contributed by atoms with Crippen molar-refractivity contribution in [2.45, 2.75) is 25.8 Å². The number of hydrogen-bond acceptors (Lipinski definition) is 7. The summed E-state index contributed by atoms with van der Waals surface area (Å²) in [6.45, 7) is 2.48. The normalized spacial score (nSPS) is 18.0. The summed E-state index contributed by atoms with van der Waals surface area (Å²) in [4.78, 5) is 10.9. The van der Waals surface area contributed by atoms with E-state index in [1.165, 1.54) is 6.21 Å². The molecule has 2 aromatic carbocycles. The van der Waals surface area contributed by atoms with Crippen molar-refractivity contribution in [1.29, 1.82) is 5.41 Å². The fourth-order valence-electron chi connectivity index (χ4n) is 3.97. The Morgan fingerprint density at radius 1 is 1.29 bits per heavy atom. The molecule has 1 aliphatic heterocycles. The quantitative estimate of drug-likeness (QED) is 0.268. The first-order valence-electron chi connectivity index (χ1n) is 10.3. The smallest absolute Gasteiger partial charge is 0.124 e. The zero-order chi connectivity index (χ0) is 22.4. The minimum Gasteiger partial charge on any atom is -0.401 e. The predicted molar refractivity (Wildman–Crippen MR) is 127 cm³/mol. The summed E-state index contributed by atoms with van der Waals surface area (Å²) in [5.74, 6) is 6.36. The fourth-order valence-corrected chi connectivity index (χ4v) is 3.97. The van der Waals surface area contributed by atoms with Crippen LogP contribution in [0.25, 0.3) is 11.3 Å². The molecule has 0 aromatic heterocycles. The molecule has 1 aliphatic rings. The van der Waals surface area contributed by atoms with E-state index in [1.807, 2.05) is 50.4 Å². The van der Waals surface area contributed by atoms with Crippen molar-refractivity contribution in [1.82, 2.24) is 10.3 Å². The van der Waals surface area contributed by atoms with Crippen LogP contribution in [-0.2, 0) is 11.2 Å². The van der Waals surface area contributed by atoms with Crippen LogP contribution in [0.15, 0.2) is 54.4 Å². The molecule has 1 atom stereocenters. The van der Waals surface area contributed by atoms with Gasteiger partial charge >= 0.3 is 0 Å².